The summed E-state index contributed by atoms with van der Waals surface area (Å²) in [5.41, 5.74) is -0.430. The number of hydrogen-bond acceptors (Lipinski definition) is 2. The topological polar surface area (TPSA) is 54.4 Å². The van der Waals surface area contributed by atoms with Crippen LogP contribution in [0.15, 0.2) is 0 Å². The van der Waals surface area contributed by atoms with Crippen LogP contribution in [0.4, 0.5) is 0 Å². The molecule has 15 heavy (non-hydrogen) atoms. The first-order chi connectivity index (χ1) is 6.80. The molecule has 0 heterocycles. The fourth-order valence-electron chi connectivity index (χ4n) is 3.68. The highest BCUT2D eigenvalue weighted by Crippen LogP contribution is 2.66. The average Bonchev–Trinajstić information content (AvgIpc) is 2.35. The van der Waals surface area contributed by atoms with Crippen LogP contribution in [-0.4, -0.2) is 16.9 Å². The molecule has 0 aromatic rings. The second-order valence-electron chi connectivity index (χ2n) is 5.78. The molecule has 3 nitrogen and oxygen atoms in total. The number of carboxylic acid groups (broad SMARTS) is 1. The normalized spacial score (nSPS) is 42.2. The molecular formula is C12H18O3. The van der Waals surface area contributed by atoms with Gasteiger partial charge in [0.1, 0.15) is 5.78 Å². The quantitative estimate of drug-likeness (QED) is 0.759. The number of carbonyl (C=O) groups excluding carboxylic acids is 1. The van der Waals surface area contributed by atoms with Crippen LogP contribution < -0.4 is 0 Å². The number of rotatable bonds is 2. The molecule has 0 amide bonds. The van der Waals surface area contributed by atoms with Crippen LogP contribution in [0.3, 0.4) is 0 Å². The molecule has 2 saturated carbocycles. The number of ketones is 1. The van der Waals surface area contributed by atoms with Crippen LogP contribution in [-0.2, 0) is 9.59 Å². The van der Waals surface area contributed by atoms with Gasteiger partial charge in [-0.2, -0.15) is 0 Å². The minimum atomic E-state index is -0.780. The molecule has 2 bridgehead atoms. The Hall–Kier alpha value is -0.860. The third-order valence-electron chi connectivity index (χ3n) is 5.18. The summed E-state index contributed by atoms with van der Waals surface area (Å²) in [7, 11) is 0. The first-order valence-corrected chi connectivity index (χ1v) is 5.55. The zero-order valence-electron chi connectivity index (χ0n) is 9.54. The van der Waals surface area contributed by atoms with E-state index in [1.54, 1.807) is 0 Å². The maximum Gasteiger partial charge on any atom is 0.303 e. The van der Waals surface area contributed by atoms with Crippen LogP contribution in [0, 0.1) is 22.7 Å². The number of hydrogen-bond donors (Lipinski definition) is 1. The van der Waals surface area contributed by atoms with E-state index in [1.165, 1.54) is 0 Å². The van der Waals surface area contributed by atoms with E-state index < -0.39 is 11.4 Å². The van der Waals surface area contributed by atoms with Crippen LogP contribution >= 0.6 is 0 Å². The molecule has 0 aromatic carbocycles. The molecule has 2 aliphatic carbocycles. The van der Waals surface area contributed by atoms with Gasteiger partial charge in [0.05, 0.1) is 0 Å². The molecule has 2 fully saturated rings. The van der Waals surface area contributed by atoms with E-state index in [1.807, 2.05) is 6.92 Å². The summed E-state index contributed by atoms with van der Waals surface area (Å²) in [5, 5.41) is 8.86. The van der Waals surface area contributed by atoms with Gasteiger partial charge in [0.2, 0.25) is 0 Å². The fourth-order valence-corrected chi connectivity index (χ4v) is 3.68. The maximum atomic E-state index is 12.0. The minimum absolute atomic E-state index is 0.0236. The van der Waals surface area contributed by atoms with Gasteiger partial charge in [-0.1, -0.05) is 20.8 Å². The van der Waals surface area contributed by atoms with Gasteiger partial charge in [-0.25, -0.2) is 0 Å². The van der Waals surface area contributed by atoms with Crippen molar-refractivity contribution in [3.8, 4) is 0 Å². The number of carbonyl (C=O) groups is 2. The molecule has 3 unspecified atom stereocenters. The summed E-state index contributed by atoms with van der Waals surface area (Å²) < 4.78 is 0. The molecule has 0 saturated heterocycles. The highest BCUT2D eigenvalue weighted by molar-refractivity contribution is 5.90. The van der Waals surface area contributed by atoms with Crippen LogP contribution in [0.2, 0.25) is 0 Å². The van der Waals surface area contributed by atoms with Crippen LogP contribution in [0.1, 0.15) is 40.0 Å². The Bertz CT molecular complexity index is 332. The average molecular weight is 210 g/mol. The van der Waals surface area contributed by atoms with Crippen molar-refractivity contribution in [3.05, 3.63) is 0 Å². The van der Waals surface area contributed by atoms with Crippen molar-refractivity contribution >= 4 is 11.8 Å². The minimum Gasteiger partial charge on any atom is -0.481 e. The van der Waals surface area contributed by atoms with Gasteiger partial charge >= 0.3 is 5.97 Å². The van der Waals surface area contributed by atoms with Crippen molar-refractivity contribution in [3.63, 3.8) is 0 Å². The van der Waals surface area contributed by atoms with E-state index in [0.717, 1.165) is 6.42 Å². The molecule has 2 aliphatic rings. The smallest absolute Gasteiger partial charge is 0.303 e. The molecule has 0 spiro atoms. The maximum absolute atomic E-state index is 12.0. The lowest BCUT2D eigenvalue weighted by molar-refractivity contribution is -0.141. The lowest BCUT2D eigenvalue weighted by Gasteiger charge is -2.37. The monoisotopic (exact) mass is 210 g/mol. The molecule has 0 radical (unpaired) electrons. The van der Waals surface area contributed by atoms with E-state index in [2.05, 4.69) is 13.8 Å². The first kappa shape index (κ1) is 10.7. The third-order valence-corrected chi connectivity index (χ3v) is 5.18. The Balaban J connectivity index is 2.34. The van der Waals surface area contributed by atoms with Gasteiger partial charge in [-0.05, 0) is 23.7 Å². The van der Waals surface area contributed by atoms with E-state index in [4.69, 9.17) is 5.11 Å². The Kier molecular flexibility index (Phi) is 2.01. The SMILES string of the molecule is CC1(C)C2CC(=O)C1(C)C(CC(=O)O)C2. The summed E-state index contributed by atoms with van der Waals surface area (Å²) in [4.78, 5) is 22.8. The lowest BCUT2D eigenvalue weighted by atomic mass is 9.65. The van der Waals surface area contributed by atoms with Crippen molar-refractivity contribution in [1.29, 1.82) is 0 Å². The molecular weight excluding hydrogens is 192 g/mol. The highest BCUT2D eigenvalue weighted by atomic mass is 16.4. The summed E-state index contributed by atoms with van der Waals surface area (Å²) in [6.45, 7) is 6.20. The predicted molar refractivity (Wildman–Crippen MR) is 55.4 cm³/mol. The van der Waals surface area contributed by atoms with Crippen LogP contribution in [0.25, 0.3) is 0 Å². The van der Waals surface area contributed by atoms with E-state index >= 15 is 0 Å². The van der Waals surface area contributed by atoms with E-state index in [9.17, 15) is 9.59 Å². The largest absolute Gasteiger partial charge is 0.481 e. The zero-order chi connectivity index (χ0) is 11.4. The Labute approximate surface area is 89.9 Å². The van der Waals surface area contributed by atoms with Crippen molar-refractivity contribution in [2.75, 3.05) is 0 Å². The second-order valence-corrected chi connectivity index (χ2v) is 5.78. The fraction of sp³-hybridized carbons (Fsp3) is 0.833. The molecule has 0 aliphatic heterocycles. The van der Waals surface area contributed by atoms with Gasteiger partial charge in [0, 0.05) is 18.3 Å². The van der Waals surface area contributed by atoms with Crippen molar-refractivity contribution in [2.45, 2.75) is 40.0 Å². The summed E-state index contributed by atoms with van der Waals surface area (Å²) in [5.74, 6) is -0.0806. The number of aliphatic carboxylic acids is 1. The highest BCUT2D eigenvalue weighted by Gasteiger charge is 2.66. The van der Waals surface area contributed by atoms with Gasteiger partial charge in [0.25, 0.3) is 0 Å². The summed E-state index contributed by atoms with van der Waals surface area (Å²) in [6.07, 6.45) is 1.70. The second kappa shape index (κ2) is 2.83. The Morgan fingerprint density at radius 2 is 2.07 bits per heavy atom. The van der Waals surface area contributed by atoms with Crippen molar-refractivity contribution in [2.24, 2.45) is 22.7 Å². The number of fused-ring (bicyclic) bond motifs is 2. The van der Waals surface area contributed by atoms with Crippen molar-refractivity contribution < 1.29 is 14.7 Å². The summed E-state index contributed by atoms with van der Waals surface area (Å²) in [6, 6.07) is 0. The lowest BCUT2D eigenvalue weighted by Crippen LogP contribution is -2.39. The molecule has 3 atom stereocenters. The van der Waals surface area contributed by atoms with Gasteiger partial charge in [0.15, 0.2) is 0 Å². The van der Waals surface area contributed by atoms with E-state index in [0.29, 0.717) is 12.3 Å². The van der Waals surface area contributed by atoms with E-state index in [-0.39, 0.29) is 23.5 Å². The number of Topliss-reactive ketones (excluding diaryl/α,β-unsaturated/α-hetero) is 1. The third kappa shape index (κ3) is 1.12. The van der Waals surface area contributed by atoms with Crippen LogP contribution in [0.5, 0.6) is 0 Å². The summed E-state index contributed by atoms with van der Waals surface area (Å²) >= 11 is 0. The predicted octanol–water partition coefficient (Wildman–Crippen LogP) is 2.10. The zero-order valence-corrected chi connectivity index (χ0v) is 9.54. The Morgan fingerprint density at radius 3 is 2.47 bits per heavy atom. The molecule has 2 rings (SSSR count). The van der Waals surface area contributed by atoms with Gasteiger partial charge < -0.3 is 5.11 Å². The van der Waals surface area contributed by atoms with Gasteiger partial charge in [-0.3, -0.25) is 9.59 Å². The van der Waals surface area contributed by atoms with Crippen molar-refractivity contribution in [1.82, 2.24) is 0 Å². The number of carboxylic acids is 1. The molecule has 3 heteroatoms. The molecule has 0 aromatic heterocycles. The standard InChI is InChI=1S/C12H18O3/c1-11(2)7-4-8(6-10(14)15)12(11,3)9(13)5-7/h7-8H,4-6H2,1-3H3,(H,14,15). The molecule has 84 valence electrons. The Morgan fingerprint density at radius 1 is 1.47 bits per heavy atom. The first-order valence-electron chi connectivity index (χ1n) is 5.55. The van der Waals surface area contributed by atoms with Gasteiger partial charge in [-0.15, -0.1) is 0 Å². The molecule has 1 N–H and O–H groups in total.